The van der Waals surface area contributed by atoms with E-state index < -0.39 is 0 Å². The number of hydrogen-bond donors (Lipinski definition) is 2. The van der Waals surface area contributed by atoms with Crippen LogP contribution in [0.25, 0.3) is 0 Å². The lowest BCUT2D eigenvalue weighted by molar-refractivity contribution is -0.115. The van der Waals surface area contributed by atoms with Crippen LogP contribution in [0.2, 0.25) is 0 Å². The molecule has 2 N–H and O–H groups in total. The molecule has 0 radical (unpaired) electrons. The summed E-state index contributed by atoms with van der Waals surface area (Å²) in [6.45, 7) is 0. The number of carbonyl (C=O) groups excluding carboxylic acids is 1. The quantitative estimate of drug-likeness (QED) is 0.613. The number of nitrogens with zero attached hydrogens (tertiary/aromatic N) is 4. The first-order chi connectivity index (χ1) is 13.7. The van der Waals surface area contributed by atoms with Crippen molar-refractivity contribution in [2.24, 2.45) is 0 Å². The van der Waals surface area contributed by atoms with Crippen LogP contribution in [0.15, 0.2) is 70.7 Å². The highest BCUT2D eigenvalue weighted by molar-refractivity contribution is 7.99. The molecule has 7 nitrogen and oxygen atoms in total. The van der Waals surface area contributed by atoms with Crippen LogP contribution in [0.3, 0.4) is 0 Å². The minimum Gasteiger partial charge on any atom is -0.325 e. The molecule has 8 heteroatoms. The van der Waals surface area contributed by atoms with Crippen LogP contribution < -0.4 is 10.6 Å². The van der Waals surface area contributed by atoms with Crippen molar-refractivity contribution in [2.75, 3.05) is 10.6 Å². The van der Waals surface area contributed by atoms with Gasteiger partial charge >= 0.3 is 0 Å². The summed E-state index contributed by atoms with van der Waals surface area (Å²) in [5.74, 6) is 0.0929. The van der Waals surface area contributed by atoms with Gasteiger partial charge in [-0.3, -0.25) is 4.79 Å². The van der Waals surface area contributed by atoms with Crippen LogP contribution in [-0.2, 0) is 4.79 Å². The van der Waals surface area contributed by atoms with Crippen molar-refractivity contribution in [1.29, 1.82) is 10.5 Å². The largest absolute Gasteiger partial charge is 0.325 e. The van der Waals surface area contributed by atoms with Gasteiger partial charge in [-0.05, 0) is 48.5 Å². The van der Waals surface area contributed by atoms with E-state index in [1.165, 1.54) is 11.8 Å². The molecule has 0 aliphatic carbocycles. The molecule has 0 fully saturated rings. The summed E-state index contributed by atoms with van der Waals surface area (Å²) in [5.41, 5.74) is 1.92. The number of hydrogen-bond acceptors (Lipinski definition) is 7. The maximum Gasteiger partial charge on any atom is 0.238 e. The Morgan fingerprint density at radius 1 is 1.07 bits per heavy atom. The van der Waals surface area contributed by atoms with Crippen LogP contribution in [-0.4, -0.2) is 15.9 Å². The summed E-state index contributed by atoms with van der Waals surface area (Å²) in [5, 5.41) is 24.0. The van der Waals surface area contributed by atoms with E-state index >= 15 is 0 Å². The van der Waals surface area contributed by atoms with E-state index in [1.807, 2.05) is 24.3 Å². The lowest BCUT2D eigenvalue weighted by Crippen LogP contribution is -2.09. The number of rotatable bonds is 6. The number of benzene rings is 2. The van der Waals surface area contributed by atoms with Gasteiger partial charge in [-0.15, -0.1) is 0 Å². The van der Waals surface area contributed by atoms with Crippen LogP contribution in [0.5, 0.6) is 0 Å². The van der Waals surface area contributed by atoms with E-state index in [9.17, 15) is 4.79 Å². The second kappa shape index (κ2) is 9.17. The zero-order chi connectivity index (χ0) is 19.8. The molecule has 1 heterocycles. The van der Waals surface area contributed by atoms with Crippen molar-refractivity contribution >= 4 is 35.0 Å². The predicted molar refractivity (Wildman–Crippen MR) is 106 cm³/mol. The van der Waals surface area contributed by atoms with Gasteiger partial charge in [0.2, 0.25) is 11.9 Å². The van der Waals surface area contributed by atoms with E-state index in [1.54, 1.807) is 42.6 Å². The van der Waals surface area contributed by atoms with E-state index in [0.717, 1.165) is 15.6 Å². The summed E-state index contributed by atoms with van der Waals surface area (Å²) in [4.78, 5) is 21.0. The Labute approximate surface area is 166 Å². The maximum atomic E-state index is 11.4. The molecule has 1 amide bonds. The molecule has 2 aromatic carbocycles. The fourth-order valence-corrected chi connectivity index (χ4v) is 3.03. The Kier molecular flexibility index (Phi) is 6.19. The van der Waals surface area contributed by atoms with Gasteiger partial charge in [0.1, 0.15) is 11.4 Å². The van der Waals surface area contributed by atoms with E-state index in [4.69, 9.17) is 10.5 Å². The second-order valence-corrected chi connectivity index (χ2v) is 6.64. The molecule has 0 atom stereocenters. The van der Waals surface area contributed by atoms with Crippen LogP contribution in [0.1, 0.15) is 12.0 Å². The van der Waals surface area contributed by atoms with Crippen LogP contribution in [0, 0.1) is 22.7 Å². The third-order valence-corrected chi connectivity index (χ3v) is 4.42. The van der Waals surface area contributed by atoms with Gasteiger partial charge in [-0.2, -0.15) is 10.5 Å². The van der Waals surface area contributed by atoms with E-state index in [2.05, 4.69) is 26.7 Å². The first kappa shape index (κ1) is 18.9. The van der Waals surface area contributed by atoms with Crippen LogP contribution in [0.4, 0.5) is 17.3 Å². The van der Waals surface area contributed by atoms with E-state index in [0.29, 0.717) is 17.2 Å². The highest BCUT2D eigenvalue weighted by Gasteiger charge is 2.05. The third kappa shape index (κ3) is 5.31. The third-order valence-electron chi connectivity index (χ3n) is 3.48. The summed E-state index contributed by atoms with van der Waals surface area (Å²) in [7, 11) is 0. The number of aromatic nitrogens is 2. The zero-order valence-corrected chi connectivity index (χ0v) is 15.4. The fraction of sp³-hybridized carbons (Fsp3) is 0.0500. The minimum atomic E-state index is -0.338. The van der Waals surface area contributed by atoms with Gasteiger partial charge in [-0.1, -0.05) is 17.8 Å². The summed E-state index contributed by atoms with van der Waals surface area (Å²) >= 11 is 1.45. The molecule has 3 aromatic rings. The topological polar surface area (TPSA) is 114 Å². The molecule has 0 spiro atoms. The molecular weight excluding hydrogens is 372 g/mol. The molecule has 3 rings (SSSR count). The highest BCUT2D eigenvalue weighted by atomic mass is 32.2. The molecule has 0 aliphatic rings. The number of anilines is 3. The van der Waals surface area contributed by atoms with Crippen molar-refractivity contribution in [3.05, 3.63) is 66.4 Å². The van der Waals surface area contributed by atoms with Crippen molar-refractivity contribution in [3.63, 3.8) is 0 Å². The summed E-state index contributed by atoms with van der Waals surface area (Å²) in [6, 6.07) is 20.0. The lowest BCUT2D eigenvalue weighted by atomic mass is 10.2. The second-order valence-electron chi connectivity index (χ2n) is 5.55. The first-order valence-electron chi connectivity index (χ1n) is 8.21. The summed E-state index contributed by atoms with van der Waals surface area (Å²) in [6.07, 6.45) is 1.48. The maximum absolute atomic E-state index is 11.4. The Morgan fingerprint density at radius 2 is 1.89 bits per heavy atom. The normalized spacial score (nSPS) is 9.79. The van der Waals surface area contributed by atoms with Gasteiger partial charge in [0, 0.05) is 22.5 Å². The molecule has 0 saturated carbocycles. The molecular formula is C20H14N6OS. The van der Waals surface area contributed by atoms with Crippen molar-refractivity contribution in [1.82, 2.24) is 9.97 Å². The summed E-state index contributed by atoms with van der Waals surface area (Å²) < 4.78 is 0. The highest BCUT2D eigenvalue weighted by Crippen LogP contribution is 2.28. The molecule has 0 bridgehead atoms. The predicted octanol–water partition coefficient (Wildman–Crippen LogP) is 4.10. The van der Waals surface area contributed by atoms with Gasteiger partial charge < -0.3 is 10.6 Å². The SMILES string of the molecule is N#CCC(=O)Nc1ccc(Sc2ccnc(Nc3cccc(C#N)c3)n2)cc1. The molecule has 0 unspecified atom stereocenters. The fourth-order valence-electron chi connectivity index (χ4n) is 2.26. The average Bonchev–Trinajstić information content (AvgIpc) is 2.70. The van der Waals surface area contributed by atoms with Crippen molar-refractivity contribution in [2.45, 2.75) is 16.3 Å². The Bertz CT molecular complexity index is 1070. The van der Waals surface area contributed by atoms with Crippen molar-refractivity contribution < 1.29 is 4.79 Å². The van der Waals surface area contributed by atoms with Gasteiger partial charge in [-0.25, -0.2) is 9.97 Å². The standard InChI is InChI=1S/C20H14N6OS/c21-10-8-18(27)24-15-4-6-17(7-5-15)28-19-9-11-23-20(26-19)25-16-3-1-2-14(12-16)13-22/h1-7,9,11-12H,8H2,(H,24,27)(H,23,25,26). The Balaban J connectivity index is 1.66. The van der Waals surface area contributed by atoms with Crippen molar-refractivity contribution in [3.8, 4) is 12.1 Å². The average molecular weight is 386 g/mol. The number of nitriles is 2. The van der Waals surface area contributed by atoms with Crippen LogP contribution >= 0.6 is 11.8 Å². The molecule has 136 valence electrons. The molecule has 28 heavy (non-hydrogen) atoms. The Morgan fingerprint density at radius 3 is 2.64 bits per heavy atom. The smallest absolute Gasteiger partial charge is 0.238 e. The zero-order valence-electron chi connectivity index (χ0n) is 14.6. The first-order valence-corrected chi connectivity index (χ1v) is 9.03. The lowest BCUT2D eigenvalue weighted by Gasteiger charge is -2.07. The monoisotopic (exact) mass is 386 g/mol. The molecule has 0 saturated heterocycles. The number of amides is 1. The van der Waals surface area contributed by atoms with Gasteiger partial charge in [0.15, 0.2) is 0 Å². The number of carbonyl (C=O) groups is 1. The molecule has 0 aliphatic heterocycles. The van der Waals surface area contributed by atoms with Gasteiger partial charge in [0.05, 0.1) is 17.7 Å². The van der Waals surface area contributed by atoms with E-state index in [-0.39, 0.29) is 12.3 Å². The number of nitrogens with one attached hydrogen (secondary N) is 2. The van der Waals surface area contributed by atoms with Gasteiger partial charge in [0.25, 0.3) is 0 Å². The molecule has 1 aromatic heterocycles. The Hall–Kier alpha value is -3.88. The minimum absolute atomic E-state index is 0.176.